The summed E-state index contributed by atoms with van der Waals surface area (Å²) in [5.41, 5.74) is 2.70. The zero-order valence-electron chi connectivity index (χ0n) is 17.2. The zero-order valence-corrected chi connectivity index (χ0v) is 17.2. The van der Waals surface area contributed by atoms with Crippen molar-refractivity contribution in [2.24, 2.45) is 0 Å². The molecule has 0 heterocycles. The summed E-state index contributed by atoms with van der Waals surface area (Å²) in [6, 6.07) is 15.1. The third-order valence-electron chi connectivity index (χ3n) is 5.24. The summed E-state index contributed by atoms with van der Waals surface area (Å²) in [7, 11) is 0. The van der Waals surface area contributed by atoms with Crippen molar-refractivity contribution in [3.63, 3.8) is 0 Å². The van der Waals surface area contributed by atoms with Crippen LogP contribution in [0.2, 0.25) is 0 Å². The van der Waals surface area contributed by atoms with Crippen LogP contribution < -0.4 is 4.74 Å². The molecule has 0 aliphatic heterocycles. The average Bonchev–Trinajstić information content (AvgIpc) is 2.77. The molecule has 0 aromatic heterocycles. The molecule has 4 aromatic rings. The molecular weight excluding hydrogens is 423 g/mol. The van der Waals surface area contributed by atoms with Crippen LogP contribution >= 0.6 is 0 Å². The molecule has 0 amide bonds. The van der Waals surface area contributed by atoms with Gasteiger partial charge in [0.2, 0.25) is 0 Å². The van der Waals surface area contributed by atoms with Crippen LogP contribution in [0.5, 0.6) is 5.75 Å². The van der Waals surface area contributed by atoms with Gasteiger partial charge in [0, 0.05) is 5.39 Å². The largest absolute Gasteiger partial charge is 0.483 e. The van der Waals surface area contributed by atoms with Crippen molar-refractivity contribution in [1.29, 1.82) is 0 Å². The molecule has 0 N–H and O–H groups in total. The van der Waals surface area contributed by atoms with Gasteiger partial charge in [-0.15, -0.1) is 0 Å². The maximum absolute atomic E-state index is 14.2. The topological polar surface area (TPSA) is 9.23 Å². The number of hydrogen-bond donors (Lipinski definition) is 0. The van der Waals surface area contributed by atoms with Gasteiger partial charge < -0.3 is 4.74 Å². The Labute approximate surface area is 182 Å². The number of halogens is 5. The fourth-order valence-corrected chi connectivity index (χ4v) is 3.62. The molecule has 164 valence electrons. The summed E-state index contributed by atoms with van der Waals surface area (Å²) in [6.45, 7) is 1.90. The number of hydrogen-bond acceptors (Lipinski definition) is 1. The molecule has 0 saturated heterocycles. The number of benzene rings is 4. The highest BCUT2D eigenvalue weighted by molar-refractivity contribution is 5.88. The van der Waals surface area contributed by atoms with Gasteiger partial charge in [-0.05, 0) is 58.3 Å². The monoisotopic (exact) mass is 442 g/mol. The van der Waals surface area contributed by atoms with E-state index in [0.29, 0.717) is 23.1 Å². The van der Waals surface area contributed by atoms with E-state index >= 15 is 0 Å². The maximum Gasteiger partial charge on any atom is 0.195 e. The molecule has 0 aliphatic rings. The summed E-state index contributed by atoms with van der Waals surface area (Å²) in [4.78, 5) is 0. The molecule has 0 atom stereocenters. The van der Waals surface area contributed by atoms with Crippen LogP contribution in [0.25, 0.3) is 21.9 Å². The summed E-state index contributed by atoms with van der Waals surface area (Å²) in [5.74, 6) is -5.86. The van der Waals surface area contributed by atoms with E-state index in [9.17, 15) is 22.0 Å². The lowest BCUT2D eigenvalue weighted by Crippen LogP contribution is -2.01. The van der Waals surface area contributed by atoms with Crippen LogP contribution in [0, 0.1) is 29.1 Å². The van der Waals surface area contributed by atoms with Gasteiger partial charge in [0.1, 0.15) is 6.61 Å². The van der Waals surface area contributed by atoms with E-state index in [-0.39, 0.29) is 17.4 Å². The number of aryl methyl sites for hydroxylation is 1. The van der Waals surface area contributed by atoms with Gasteiger partial charge in [-0.2, -0.15) is 0 Å². The normalized spacial score (nSPS) is 11.2. The fraction of sp³-hybridized carbons (Fsp3) is 0.154. The van der Waals surface area contributed by atoms with Crippen molar-refractivity contribution in [3.05, 3.63) is 101 Å². The molecule has 0 fully saturated rings. The smallest absolute Gasteiger partial charge is 0.195 e. The quantitative estimate of drug-likeness (QED) is 0.219. The molecule has 0 unspecified atom stereocenters. The molecule has 0 spiro atoms. The fourth-order valence-electron chi connectivity index (χ4n) is 3.62. The summed E-state index contributed by atoms with van der Waals surface area (Å²) in [6.07, 6.45) is 1.36. The molecule has 4 rings (SSSR count). The van der Waals surface area contributed by atoms with E-state index in [1.54, 1.807) is 36.4 Å². The van der Waals surface area contributed by atoms with Gasteiger partial charge in [-0.3, -0.25) is 0 Å². The Bertz CT molecular complexity index is 1260. The van der Waals surface area contributed by atoms with E-state index in [1.165, 1.54) is 18.2 Å². The Kier molecular flexibility index (Phi) is 6.12. The number of rotatable bonds is 6. The predicted molar refractivity (Wildman–Crippen MR) is 114 cm³/mol. The minimum absolute atomic E-state index is 0.00770. The van der Waals surface area contributed by atoms with Crippen molar-refractivity contribution in [2.45, 2.75) is 26.4 Å². The Balaban J connectivity index is 1.52. The number of fused-ring (bicyclic) bond motifs is 1. The highest BCUT2D eigenvalue weighted by Gasteiger charge is 2.15. The summed E-state index contributed by atoms with van der Waals surface area (Å²) in [5, 5.41) is 0.232. The average molecular weight is 442 g/mol. The van der Waals surface area contributed by atoms with E-state index in [4.69, 9.17) is 4.74 Å². The van der Waals surface area contributed by atoms with E-state index in [0.717, 1.165) is 18.1 Å². The van der Waals surface area contributed by atoms with Gasteiger partial charge in [0.05, 0.1) is 0 Å². The molecule has 0 saturated carbocycles. The Morgan fingerprint density at radius 2 is 1.31 bits per heavy atom. The lowest BCUT2D eigenvalue weighted by Gasteiger charge is -2.11. The third-order valence-corrected chi connectivity index (χ3v) is 5.24. The molecular formula is C26H19F5O. The SMILES string of the molecule is CCCc1cc(F)c(OCc2ccc(-c3ccc4c(F)c(F)c(F)cc4c3)cc2)c(F)c1. The highest BCUT2D eigenvalue weighted by atomic mass is 19.2. The van der Waals surface area contributed by atoms with Crippen LogP contribution in [0.1, 0.15) is 24.5 Å². The highest BCUT2D eigenvalue weighted by Crippen LogP contribution is 2.29. The first-order valence-electron chi connectivity index (χ1n) is 10.1. The molecule has 0 aliphatic carbocycles. The van der Waals surface area contributed by atoms with Crippen molar-refractivity contribution < 1.29 is 26.7 Å². The molecule has 6 heteroatoms. The van der Waals surface area contributed by atoms with E-state index in [2.05, 4.69) is 0 Å². The molecule has 4 aromatic carbocycles. The first-order chi connectivity index (χ1) is 15.4. The van der Waals surface area contributed by atoms with Gasteiger partial charge >= 0.3 is 0 Å². The Morgan fingerprint density at radius 1 is 0.656 bits per heavy atom. The lowest BCUT2D eigenvalue weighted by molar-refractivity contribution is 0.274. The lowest BCUT2D eigenvalue weighted by atomic mass is 10.00. The van der Waals surface area contributed by atoms with Gasteiger partial charge in [-0.1, -0.05) is 49.7 Å². The van der Waals surface area contributed by atoms with Crippen LogP contribution in [-0.2, 0) is 13.0 Å². The zero-order chi connectivity index (χ0) is 22.8. The van der Waals surface area contributed by atoms with Crippen LogP contribution in [0.15, 0.2) is 60.7 Å². The van der Waals surface area contributed by atoms with E-state index < -0.39 is 34.8 Å². The van der Waals surface area contributed by atoms with Gasteiger partial charge in [-0.25, -0.2) is 22.0 Å². The standard InChI is InChI=1S/C26H19F5O/c1-2-3-16-10-22(28)26(23(29)11-16)32-14-15-4-6-17(7-5-15)18-8-9-20-19(12-18)13-21(27)25(31)24(20)30/h4-13H,2-3,14H2,1H3. The summed E-state index contributed by atoms with van der Waals surface area (Å²) >= 11 is 0. The minimum Gasteiger partial charge on any atom is -0.483 e. The predicted octanol–water partition coefficient (Wildman–Crippen LogP) is 7.73. The molecule has 0 bridgehead atoms. The van der Waals surface area contributed by atoms with Crippen molar-refractivity contribution in [3.8, 4) is 16.9 Å². The minimum atomic E-state index is -1.50. The van der Waals surface area contributed by atoms with Gasteiger partial charge in [0.25, 0.3) is 0 Å². The Hall–Kier alpha value is -3.41. The second-order valence-electron chi connectivity index (χ2n) is 7.55. The van der Waals surface area contributed by atoms with Crippen LogP contribution in [0.4, 0.5) is 22.0 Å². The van der Waals surface area contributed by atoms with Crippen LogP contribution in [-0.4, -0.2) is 0 Å². The Morgan fingerprint density at radius 3 is 1.97 bits per heavy atom. The third kappa shape index (κ3) is 4.31. The second kappa shape index (κ2) is 8.99. The van der Waals surface area contributed by atoms with Crippen molar-refractivity contribution >= 4 is 10.8 Å². The molecule has 1 nitrogen and oxygen atoms in total. The molecule has 32 heavy (non-hydrogen) atoms. The first kappa shape index (κ1) is 21.8. The van der Waals surface area contributed by atoms with E-state index in [1.807, 2.05) is 6.92 Å². The maximum atomic E-state index is 14.2. The number of ether oxygens (including phenoxy) is 1. The second-order valence-corrected chi connectivity index (χ2v) is 7.55. The van der Waals surface area contributed by atoms with Crippen molar-refractivity contribution in [2.75, 3.05) is 0 Å². The van der Waals surface area contributed by atoms with Crippen molar-refractivity contribution in [1.82, 2.24) is 0 Å². The first-order valence-corrected chi connectivity index (χ1v) is 10.1. The van der Waals surface area contributed by atoms with Gasteiger partial charge in [0.15, 0.2) is 34.8 Å². The van der Waals surface area contributed by atoms with Crippen LogP contribution in [0.3, 0.4) is 0 Å². The molecule has 0 radical (unpaired) electrons. The summed E-state index contributed by atoms with van der Waals surface area (Å²) < 4.78 is 74.6.